The highest BCUT2D eigenvalue weighted by Gasteiger charge is 2.03. The third-order valence-electron chi connectivity index (χ3n) is 3.02. The molecule has 0 heterocycles. The van der Waals surface area contributed by atoms with E-state index in [1.54, 1.807) is 0 Å². The highest BCUT2D eigenvalue weighted by atomic mass is 79.9. The zero-order valence-electron chi connectivity index (χ0n) is 12.1. The number of rotatable bonds is 7. The van der Waals surface area contributed by atoms with Crippen LogP contribution in [-0.4, -0.2) is 24.2 Å². The van der Waals surface area contributed by atoms with Gasteiger partial charge >= 0.3 is 0 Å². The molecule has 0 radical (unpaired) electrons. The lowest BCUT2D eigenvalue weighted by molar-refractivity contribution is -0.120. The van der Waals surface area contributed by atoms with Gasteiger partial charge in [-0.15, -0.1) is 0 Å². The van der Waals surface area contributed by atoms with E-state index in [1.807, 2.05) is 48.5 Å². The average Bonchev–Trinajstić information content (AvgIpc) is 2.52. The molecule has 5 heteroatoms. The van der Waals surface area contributed by atoms with E-state index in [0.29, 0.717) is 13.0 Å². The van der Waals surface area contributed by atoms with Crippen LogP contribution in [0.1, 0.15) is 11.1 Å². The number of aliphatic hydroxyl groups excluding tert-OH is 1. The van der Waals surface area contributed by atoms with E-state index >= 15 is 0 Å². The Bertz CT molecular complexity index is 614. The molecule has 2 aromatic rings. The second kappa shape index (κ2) is 8.56. The molecule has 22 heavy (non-hydrogen) atoms. The van der Waals surface area contributed by atoms with Gasteiger partial charge in [-0.1, -0.05) is 40.2 Å². The molecule has 0 saturated heterocycles. The summed E-state index contributed by atoms with van der Waals surface area (Å²) in [6.45, 7) is 0.733. The molecule has 0 aliphatic heterocycles. The summed E-state index contributed by atoms with van der Waals surface area (Å²) < 4.78 is 6.74. The smallest absolute Gasteiger partial charge is 0.224 e. The van der Waals surface area contributed by atoms with Crippen molar-refractivity contribution < 1.29 is 14.6 Å². The fourth-order valence-corrected chi connectivity index (χ4v) is 2.39. The third kappa shape index (κ3) is 5.50. The van der Waals surface area contributed by atoms with Crippen LogP contribution in [0.5, 0.6) is 5.75 Å². The minimum absolute atomic E-state index is 0.0475. The van der Waals surface area contributed by atoms with Crippen molar-refractivity contribution in [2.75, 3.05) is 13.2 Å². The van der Waals surface area contributed by atoms with Crippen LogP contribution in [0.2, 0.25) is 0 Å². The van der Waals surface area contributed by atoms with E-state index < -0.39 is 0 Å². The Morgan fingerprint density at radius 3 is 2.59 bits per heavy atom. The number of nitrogens with one attached hydrogen (secondary N) is 1. The molecule has 0 aliphatic carbocycles. The predicted octanol–water partition coefficient (Wildman–Crippen LogP) is 2.68. The fourth-order valence-electron chi connectivity index (χ4n) is 1.94. The molecule has 0 unspecified atom stereocenters. The van der Waals surface area contributed by atoms with E-state index in [9.17, 15) is 4.79 Å². The van der Waals surface area contributed by atoms with Gasteiger partial charge in [0, 0.05) is 11.0 Å². The van der Waals surface area contributed by atoms with Crippen molar-refractivity contribution in [1.29, 1.82) is 0 Å². The number of hydrogen-bond acceptors (Lipinski definition) is 3. The number of hydrogen-bond donors (Lipinski definition) is 2. The van der Waals surface area contributed by atoms with E-state index in [-0.39, 0.29) is 19.1 Å². The van der Waals surface area contributed by atoms with Gasteiger partial charge < -0.3 is 15.2 Å². The van der Waals surface area contributed by atoms with Crippen LogP contribution in [0.4, 0.5) is 0 Å². The maximum atomic E-state index is 11.5. The van der Waals surface area contributed by atoms with Gasteiger partial charge in [0.2, 0.25) is 5.91 Å². The summed E-state index contributed by atoms with van der Waals surface area (Å²) in [5.41, 5.74) is 1.99. The van der Waals surface area contributed by atoms with Gasteiger partial charge in [0.15, 0.2) is 0 Å². The van der Waals surface area contributed by atoms with Gasteiger partial charge in [-0.3, -0.25) is 4.79 Å². The number of carbonyl (C=O) groups excluding carboxylic acids is 1. The molecule has 2 N–H and O–H groups in total. The second-order valence-electron chi connectivity index (χ2n) is 4.81. The van der Waals surface area contributed by atoms with Gasteiger partial charge in [-0.2, -0.15) is 0 Å². The Balaban J connectivity index is 1.85. The number of amides is 1. The quantitative estimate of drug-likeness (QED) is 0.794. The van der Waals surface area contributed by atoms with E-state index in [4.69, 9.17) is 9.84 Å². The molecule has 0 aromatic heterocycles. The summed E-state index contributed by atoms with van der Waals surface area (Å²) in [5, 5.41) is 11.3. The maximum Gasteiger partial charge on any atom is 0.224 e. The molecular formula is C17H18BrNO3. The van der Waals surface area contributed by atoms with Crippen LogP contribution in [0.25, 0.3) is 0 Å². The topological polar surface area (TPSA) is 58.6 Å². The number of aliphatic hydroxyl groups is 1. The van der Waals surface area contributed by atoms with Gasteiger partial charge in [0.25, 0.3) is 0 Å². The molecule has 0 atom stereocenters. The molecule has 0 spiro atoms. The lowest BCUT2D eigenvalue weighted by Gasteiger charge is -2.08. The Labute approximate surface area is 138 Å². The normalized spacial score (nSPS) is 10.3. The summed E-state index contributed by atoms with van der Waals surface area (Å²) in [4.78, 5) is 11.5. The van der Waals surface area contributed by atoms with Crippen LogP contribution in [0.3, 0.4) is 0 Å². The SMILES string of the molecule is O=C(Cc1ccc(OCc2cccc(Br)c2)cc1)NCCO. The molecule has 116 valence electrons. The van der Waals surface area contributed by atoms with Crippen molar-refractivity contribution in [3.63, 3.8) is 0 Å². The van der Waals surface area contributed by atoms with Crippen molar-refractivity contribution in [1.82, 2.24) is 5.32 Å². The largest absolute Gasteiger partial charge is 0.489 e. The zero-order chi connectivity index (χ0) is 15.8. The molecule has 1 amide bonds. The Morgan fingerprint density at radius 1 is 1.14 bits per heavy atom. The van der Waals surface area contributed by atoms with E-state index in [0.717, 1.165) is 21.3 Å². The van der Waals surface area contributed by atoms with Crippen LogP contribution in [-0.2, 0) is 17.8 Å². The van der Waals surface area contributed by atoms with Crippen LogP contribution < -0.4 is 10.1 Å². The minimum Gasteiger partial charge on any atom is -0.489 e. The molecular weight excluding hydrogens is 346 g/mol. The number of halogens is 1. The fraction of sp³-hybridized carbons (Fsp3) is 0.235. The van der Waals surface area contributed by atoms with Crippen molar-refractivity contribution in [3.05, 3.63) is 64.1 Å². The number of carbonyl (C=O) groups is 1. The molecule has 2 rings (SSSR count). The highest BCUT2D eigenvalue weighted by Crippen LogP contribution is 2.16. The van der Waals surface area contributed by atoms with Gasteiger partial charge in [-0.25, -0.2) is 0 Å². The Hall–Kier alpha value is -1.85. The Kier molecular flexibility index (Phi) is 6.43. The molecule has 0 saturated carbocycles. The first kappa shape index (κ1) is 16.5. The molecule has 2 aromatic carbocycles. The minimum atomic E-state index is -0.100. The van der Waals surface area contributed by atoms with Gasteiger partial charge in [0.1, 0.15) is 12.4 Å². The first-order valence-electron chi connectivity index (χ1n) is 7.01. The zero-order valence-corrected chi connectivity index (χ0v) is 13.7. The van der Waals surface area contributed by atoms with Crippen molar-refractivity contribution in [2.24, 2.45) is 0 Å². The van der Waals surface area contributed by atoms with Crippen molar-refractivity contribution in [3.8, 4) is 5.75 Å². The number of ether oxygens (including phenoxy) is 1. The van der Waals surface area contributed by atoms with E-state index in [2.05, 4.69) is 21.2 Å². The van der Waals surface area contributed by atoms with Crippen LogP contribution in [0, 0.1) is 0 Å². The number of benzene rings is 2. The predicted molar refractivity (Wildman–Crippen MR) is 88.7 cm³/mol. The highest BCUT2D eigenvalue weighted by molar-refractivity contribution is 9.10. The van der Waals surface area contributed by atoms with E-state index in [1.165, 1.54) is 0 Å². The van der Waals surface area contributed by atoms with Crippen LogP contribution in [0.15, 0.2) is 53.0 Å². The summed E-state index contributed by atoms with van der Waals surface area (Å²) >= 11 is 3.43. The van der Waals surface area contributed by atoms with Crippen LogP contribution >= 0.6 is 15.9 Å². The first-order valence-corrected chi connectivity index (χ1v) is 7.80. The monoisotopic (exact) mass is 363 g/mol. The maximum absolute atomic E-state index is 11.5. The Morgan fingerprint density at radius 2 is 1.91 bits per heavy atom. The summed E-state index contributed by atoms with van der Waals surface area (Å²) in [7, 11) is 0. The summed E-state index contributed by atoms with van der Waals surface area (Å²) in [6.07, 6.45) is 0.298. The first-order chi connectivity index (χ1) is 10.7. The lowest BCUT2D eigenvalue weighted by Crippen LogP contribution is -2.27. The third-order valence-corrected chi connectivity index (χ3v) is 3.51. The van der Waals surface area contributed by atoms with Crippen molar-refractivity contribution in [2.45, 2.75) is 13.0 Å². The molecule has 0 fully saturated rings. The lowest BCUT2D eigenvalue weighted by atomic mass is 10.1. The standard InChI is InChI=1S/C17H18BrNO3/c18-15-3-1-2-14(10-15)12-22-16-6-4-13(5-7-16)11-17(21)19-8-9-20/h1-7,10,20H,8-9,11-12H2,(H,19,21). The van der Waals surface area contributed by atoms with Crippen molar-refractivity contribution >= 4 is 21.8 Å². The second-order valence-corrected chi connectivity index (χ2v) is 5.73. The molecule has 0 bridgehead atoms. The summed E-state index contributed by atoms with van der Waals surface area (Å²) in [5.74, 6) is 0.663. The average molecular weight is 364 g/mol. The van der Waals surface area contributed by atoms with Gasteiger partial charge in [0.05, 0.1) is 13.0 Å². The summed E-state index contributed by atoms with van der Waals surface area (Å²) in [6, 6.07) is 15.4. The van der Waals surface area contributed by atoms with Gasteiger partial charge in [-0.05, 0) is 35.4 Å². The molecule has 4 nitrogen and oxygen atoms in total. The molecule has 0 aliphatic rings.